The smallest absolute Gasteiger partial charge is 0.161 e. The Bertz CT molecular complexity index is 1210. The highest BCUT2D eigenvalue weighted by Gasteiger charge is 2.39. The molecule has 2 unspecified atom stereocenters. The lowest BCUT2D eigenvalue weighted by atomic mass is 9.81. The van der Waals surface area contributed by atoms with Crippen LogP contribution in [0.2, 0.25) is 0 Å². The van der Waals surface area contributed by atoms with E-state index in [2.05, 4.69) is 41.4 Å². The van der Waals surface area contributed by atoms with Crippen LogP contribution in [0.1, 0.15) is 57.2 Å². The Morgan fingerprint density at radius 2 is 1.37 bits per heavy atom. The molecule has 1 N–H and O–H groups in total. The molecule has 2 heterocycles. The van der Waals surface area contributed by atoms with Crippen LogP contribution in [0.25, 0.3) is 21.5 Å². The second kappa shape index (κ2) is 10.5. The number of methoxy groups -OCH3 is 4. The molecular formula is C29H40N2O4. The fraction of sp³-hybridized carbons (Fsp3) is 0.517. The third-order valence-corrected chi connectivity index (χ3v) is 7.64. The molecular weight excluding hydrogens is 440 g/mol. The molecule has 0 spiro atoms. The highest BCUT2D eigenvalue weighted by Crippen LogP contribution is 2.49. The first-order chi connectivity index (χ1) is 16.6. The number of hydrogen-bond acceptors (Lipinski definition) is 6. The molecule has 6 nitrogen and oxygen atoms in total. The lowest BCUT2D eigenvalue weighted by molar-refractivity contribution is 0.180. The van der Waals surface area contributed by atoms with Crippen molar-refractivity contribution in [1.29, 1.82) is 0 Å². The van der Waals surface area contributed by atoms with Crippen LogP contribution in [0.3, 0.4) is 0 Å². The lowest BCUT2D eigenvalue weighted by Gasteiger charge is -2.40. The summed E-state index contributed by atoms with van der Waals surface area (Å²) in [4.78, 5) is 2.66. The van der Waals surface area contributed by atoms with Crippen LogP contribution in [0.5, 0.6) is 23.0 Å². The Labute approximate surface area is 209 Å². The van der Waals surface area contributed by atoms with E-state index in [-0.39, 0.29) is 13.5 Å². The molecule has 5 rings (SSSR count). The van der Waals surface area contributed by atoms with E-state index in [0.717, 1.165) is 53.4 Å². The summed E-state index contributed by atoms with van der Waals surface area (Å²) < 4.78 is 22.9. The largest absolute Gasteiger partial charge is 0.493 e. The van der Waals surface area contributed by atoms with E-state index in [0.29, 0.717) is 6.04 Å². The Hall–Kier alpha value is -2.70. The van der Waals surface area contributed by atoms with Gasteiger partial charge in [0.05, 0.1) is 28.4 Å². The van der Waals surface area contributed by atoms with Gasteiger partial charge < -0.3 is 24.3 Å². The highest BCUT2D eigenvalue weighted by molar-refractivity contribution is 6.13. The summed E-state index contributed by atoms with van der Waals surface area (Å²) in [7, 11) is 6.80. The standard InChI is InChI=1S/C28H36N2O4.CH4/c1-6-7-10-29-28-22-9-8-11-30(22)16-21-19-14-25(33-4)23(31-2)12-17(19)18-13-24(32-3)26(34-5)15-20(18)27(21)28;/h12-15,22,28-29H,6-11,16H2,1-5H3;1H4. The van der Waals surface area contributed by atoms with Crippen LogP contribution >= 0.6 is 0 Å². The van der Waals surface area contributed by atoms with Crippen molar-refractivity contribution in [2.24, 2.45) is 0 Å². The van der Waals surface area contributed by atoms with Gasteiger partial charge in [-0.25, -0.2) is 0 Å². The van der Waals surface area contributed by atoms with Gasteiger partial charge >= 0.3 is 0 Å². The zero-order valence-electron chi connectivity index (χ0n) is 21.0. The van der Waals surface area contributed by atoms with Gasteiger partial charge in [-0.1, -0.05) is 20.8 Å². The van der Waals surface area contributed by atoms with Gasteiger partial charge in [0.1, 0.15) is 0 Å². The van der Waals surface area contributed by atoms with E-state index in [4.69, 9.17) is 18.9 Å². The maximum absolute atomic E-state index is 5.75. The molecule has 3 aromatic rings. The van der Waals surface area contributed by atoms with Gasteiger partial charge in [-0.2, -0.15) is 0 Å². The number of unbranched alkanes of at least 4 members (excludes halogenated alkanes) is 1. The molecule has 0 bridgehead atoms. The predicted octanol–water partition coefficient (Wildman–Crippen LogP) is 6.07. The molecule has 0 saturated carbocycles. The Balaban J connectivity index is 0.00000289. The molecule has 1 fully saturated rings. The molecule has 1 saturated heterocycles. The van der Waals surface area contributed by atoms with Crippen LogP contribution in [-0.4, -0.2) is 52.5 Å². The monoisotopic (exact) mass is 480 g/mol. The van der Waals surface area contributed by atoms with Gasteiger partial charge in [-0.15, -0.1) is 0 Å². The number of hydrogen-bond donors (Lipinski definition) is 1. The van der Waals surface area contributed by atoms with E-state index in [1.165, 1.54) is 47.6 Å². The average molecular weight is 481 g/mol. The maximum atomic E-state index is 5.75. The Morgan fingerprint density at radius 1 is 0.829 bits per heavy atom. The van der Waals surface area contributed by atoms with Crippen LogP contribution in [0.4, 0.5) is 0 Å². The molecule has 0 aliphatic carbocycles. The van der Waals surface area contributed by atoms with E-state index in [1.54, 1.807) is 28.4 Å². The number of benzene rings is 3. The number of nitrogens with zero attached hydrogens (tertiary/aromatic N) is 1. The predicted molar refractivity (Wildman–Crippen MR) is 143 cm³/mol. The van der Waals surface area contributed by atoms with Crippen molar-refractivity contribution in [3.8, 4) is 23.0 Å². The van der Waals surface area contributed by atoms with Gasteiger partial charge in [0.2, 0.25) is 0 Å². The first-order valence-corrected chi connectivity index (χ1v) is 12.4. The molecule has 0 radical (unpaired) electrons. The molecule has 35 heavy (non-hydrogen) atoms. The lowest BCUT2D eigenvalue weighted by Crippen LogP contribution is -2.45. The summed E-state index contributed by atoms with van der Waals surface area (Å²) in [6.07, 6.45) is 4.82. The second-order valence-electron chi connectivity index (χ2n) is 9.36. The SMILES string of the molecule is C.CCCCNC1c2c(c3cc(OC)c(OC)cc3c3cc(OC)c(OC)cc23)CN2CCCC12. The minimum atomic E-state index is 0. The number of rotatable bonds is 8. The van der Waals surface area contributed by atoms with E-state index < -0.39 is 0 Å². The topological polar surface area (TPSA) is 52.2 Å². The average Bonchev–Trinajstić information content (AvgIpc) is 3.35. The third kappa shape index (κ3) is 4.17. The van der Waals surface area contributed by atoms with Crippen molar-refractivity contribution < 1.29 is 18.9 Å². The van der Waals surface area contributed by atoms with Crippen LogP contribution in [0.15, 0.2) is 24.3 Å². The molecule has 0 amide bonds. The van der Waals surface area contributed by atoms with Gasteiger partial charge in [-0.05, 0) is 89.3 Å². The molecule has 2 atom stereocenters. The third-order valence-electron chi connectivity index (χ3n) is 7.64. The van der Waals surface area contributed by atoms with Crippen molar-refractivity contribution in [3.05, 3.63) is 35.4 Å². The van der Waals surface area contributed by atoms with Crippen molar-refractivity contribution in [2.45, 2.75) is 58.7 Å². The normalized spacial score (nSPS) is 19.2. The Morgan fingerprint density at radius 3 is 1.94 bits per heavy atom. The van der Waals surface area contributed by atoms with Gasteiger partial charge in [0, 0.05) is 18.6 Å². The number of nitrogens with one attached hydrogen (secondary N) is 1. The fourth-order valence-corrected chi connectivity index (χ4v) is 6.00. The first-order valence-electron chi connectivity index (χ1n) is 12.4. The summed E-state index contributed by atoms with van der Waals surface area (Å²) in [5, 5.41) is 8.71. The highest BCUT2D eigenvalue weighted by atomic mass is 16.5. The van der Waals surface area contributed by atoms with E-state index in [9.17, 15) is 0 Å². The molecule has 190 valence electrons. The molecule has 0 aromatic heterocycles. The second-order valence-corrected chi connectivity index (χ2v) is 9.36. The Kier molecular flexibility index (Phi) is 7.62. The van der Waals surface area contributed by atoms with E-state index in [1.807, 2.05) is 0 Å². The zero-order valence-corrected chi connectivity index (χ0v) is 21.0. The summed E-state index contributed by atoms with van der Waals surface area (Å²) in [5.74, 6) is 2.99. The molecule has 2 aliphatic rings. The van der Waals surface area contributed by atoms with Crippen LogP contribution < -0.4 is 24.3 Å². The minimum absolute atomic E-state index is 0. The fourth-order valence-electron chi connectivity index (χ4n) is 6.00. The van der Waals surface area contributed by atoms with Crippen LogP contribution in [0, 0.1) is 0 Å². The molecule has 6 heteroatoms. The van der Waals surface area contributed by atoms with Crippen molar-refractivity contribution in [1.82, 2.24) is 10.2 Å². The van der Waals surface area contributed by atoms with E-state index >= 15 is 0 Å². The zero-order chi connectivity index (χ0) is 23.8. The van der Waals surface area contributed by atoms with Crippen molar-refractivity contribution in [2.75, 3.05) is 41.5 Å². The first kappa shape index (κ1) is 25.4. The minimum Gasteiger partial charge on any atom is -0.493 e. The van der Waals surface area contributed by atoms with Crippen molar-refractivity contribution >= 4 is 21.5 Å². The maximum Gasteiger partial charge on any atom is 0.161 e. The summed E-state index contributed by atoms with van der Waals surface area (Å²) >= 11 is 0. The van der Waals surface area contributed by atoms with Gasteiger partial charge in [0.25, 0.3) is 0 Å². The van der Waals surface area contributed by atoms with Gasteiger partial charge in [0.15, 0.2) is 23.0 Å². The quantitative estimate of drug-likeness (QED) is 0.312. The van der Waals surface area contributed by atoms with Crippen molar-refractivity contribution in [3.63, 3.8) is 0 Å². The van der Waals surface area contributed by atoms with Gasteiger partial charge in [-0.3, -0.25) is 4.90 Å². The van der Waals surface area contributed by atoms with Crippen LogP contribution in [-0.2, 0) is 6.54 Å². The molecule has 3 aromatic carbocycles. The summed E-state index contributed by atoms with van der Waals surface area (Å²) in [6, 6.07) is 9.34. The number of ether oxygens (including phenoxy) is 4. The molecule has 2 aliphatic heterocycles. The summed E-state index contributed by atoms with van der Waals surface area (Å²) in [6.45, 7) is 5.36. The summed E-state index contributed by atoms with van der Waals surface area (Å²) in [5.41, 5.74) is 2.78. The number of fused-ring (bicyclic) bond motifs is 7.